The van der Waals surface area contributed by atoms with Gasteiger partial charge in [-0.2, -0.15) is 4.79 Å². The molecule has 5 atom stereocenters. The van der Waals surface area contributed by atoms with E-state index in [1.54, 1.807) is 20.8 Å². The molecule has 0 aromatic carbocycles. The molecule has 0 saturated heterocycles. The summed E-state index contributed by atoms with van der Waals surface area (Å²) < 4.78 is 32.2. The van der Waals surface area contributed by atoms with E-state index in [0.29, 0.717) is 6.42 Å². The number of hydrogen-bond donors (Lipinski definition) is 0. The fourth-order valence-corrected chi connectivity index (χ4v) is 3.33. The molecular weight excluding hydrogens is 845 g/mol. The van der Waals surface area contributed by atoms with Crippen LogP contribution in [0.15, 0.2) is 10.1 Å². The molecule has 45 heavy (non-hydrogen) atoms. The van der Waals surface area contributed by atoms with Gasteiger partial charge in [-0.05, 0) is 16.6 Å². The van der Waals surface area contributed by atoms with Crippen molar-refractivity contribution < 1.29 is 61.9 Å². The number of esters is 5. The molecule has 0 bridgehead atoms. The van der Waals surface area contributed by atoms with E-state index in [-0.39, 0.29) is 12.4 Å². The molecule has 0 fully saturated rings. The normalized spacial score (nSPS) is 20.0. The fraction of sp³-hybridized carbons (Fsp3) is 0.696. The number of rotatable bonds is 12. The van der Waals surface area contributed by atoms with E-state index in [4.69, 9.17) is 81.4 Å². The maximum atomic E-state index is 12.8. The number of carbonyl (C=O) groups is 6. The molecule has 22 heteroatoms. The van der Waals surface area contributed by atoms with E-state index in [2.05, 4.69) is 10.1 Å². The number of hydrogen-bond acceptors (Lipinski definition) is 14. The fourth-order valence-electron chi connectivity index (χ4n) is 3.33. The van der Waals surface area contributed by atoms with Gasteiger partial charge in [0.2, 0.25) is 6.10 Å². The van der Waals surface area contributed by atoms with Crippen LogP contribution in [0.3, 0.4) is 0 Å². The summed E-state index contributed by atoms with van der Waals surface area (Å²) in [6.45, 7) is 9.46. The number of amides is 1. The molecule has 0 radical (unpaired) electrons. The van der Waals surface area contributed by atoms with Gasteiger partial charge in [0.05, 0.1) is 6.61 Å². The van der Waals surface area contributed by atoms with Crippen LogP contribution < -0.4 is 0 Å². The van der Waals surface area contributed by atoms with Gasteiger partial charge in [-0.15, -0.1) is 0 Å². The summed E-state index contributed by atoms with van der Waals surface area (Å²) in [5.41, 5.74) is -1.20. The van der Waals surface area contributed by atoms with Crippen molar-refractivity contribution in [3.05, 3.63) is 0 Å². The maximum absolute atomic E-state index is 12.8. The topological polar surface area (TPSA) is 186 Å². The van der Waals surface area contributed by atoms with Crippen LogP contribution >= 0.6 is 53.0 Å². The molecule has 0 N–H and O–H groups in total. The van der Waals surface area contributed by atoms with Crippen molar-refractivity contribution in [3.63, 3.8) is 0 Å². The number of nitrogens with zero attached hydrogens (tertiary/aromatic N) is 3. The van der Waals surface area contributed by atoms with Crippen molar-refractivity contribution in [2.45, 2.75) is 91.9 Å². The molecule has 1 rings (SSSR count). The Morgan fingerprint density at radius 1 is 0.733 bits per heavy atom. The first kappa shape index (κ1) is 43.6. The molecule has 0 aromatic rings. The molecule has 1 aliphatic heterocycles. The summed E-state index contributed by atoms with van der Waals surface area (Å²) in [7, 11) is 25.0. The first-order valence-electron chi connectivity index (χ1n) is 12.8. The summed E-state index contributed by atoms with van der Waals surface area (Å²) in [6, 6.07) is 0. The number of carbonyl (C=O) groups excluding carboxylic acids is 6. The molecule has 15 nitrogen and oxygen atoms in total. The van der Waals surface area contributed by atoms with Gasteiger partial charge in [-0.1, -0.05) is 12.0 Å². The van der Waals surface area contributed by atoms with E-state index in [9.17, 15) is 28.8 Å². The average Bonchev–Trinajstić information content (AvgIpc) is 3.18. The van der Waals surface area contributed by atoms with Gasteiger partial charge in [-0.3, -0.25) is 24.0 Å². The third-order valence-corrected chi connectivity index (χ3v) is 4.91. The average molecular weight is 879 g/mol. The molecule has 260 valence electrons. The van der Waals surface area contributed by atoms with Gasteiger partial charge >= 0.3 is 104 Å². The van der Waals surface area contributed by atoms with Crippen molar-refractivity contribution >= 4 is 104 Å². The second kappa shape index (κ2) is 16.7. The zero-order chi connectivity index (χ0) is 35.6. The van der Waals surface area contributed by atoms with E-state index in [1.807, 2.05) is 0 Å². The first-order valence-corrected chi connectivity index (χ1v) is 32.2. The number of aliphatic imine (C=N–C) groups is 1. The standard InChI is InChI=1S/C23H34N3O12.6ClH.Sb/c1-9-23(8)24-21(26(25-23)22(32)33-10-2)20(38-16(7)31)19(37-15(6)30)18(36-14(5)29)17(35-13(4)28)11-34-12(3)27;;;;;;;/h17-20H,9-11H2,1-8H3;6*1H;/q+1;;;;;;;+5/p-6/t17-,18-,19-,20+,23+;;;;;;;/m1......./s1. The number of ether oxygens (including phenoxy) is 6. The Bertz CT molecular complexity index is 1220. The molecule has 1 aliphatic rings. The Hall–Kier alpha value is -1.35. The molecular formula is C23H34Cl6N3O12Sb. The van der Waals surface area contributed by atoms with Gasteiger partial charge in [0.15, 0.2) is 18.3 Å². The zero-order valence-electron chi connectivity index (χ0n) is 25.4. The molecule has 1 amide bonds. The summed E-state index contributed by atoms with van der Waals surface area (Å²) in [4.78, 5) is 77.0. The Morgan fingerprint density at radius 2 is 1.18 bits per heavy atom. The van der Waals surface area contributed by atoms with Crippen LogP contribution in [0.2, 0.25) is 0 Å². The van der Waals surface area contributed by atoms with Crippen LogP contribution in [0.5, 0.6) is 0 Å². The third-order valence-electron chi connectivity index (χ3n) is 4.91. The molecule has 0 saturated carbocycles. The Balaban J connectivity index is 0.00000246. The Labute approximate surface area is 279 Å². The molecule has 1 heterocycles. The molecule has 0 unspecified atom stereocenters. The quantitative estimate of drug-likeness (QED) is 0.108. The van der Waals surface area contributed by atoms with Crippen LogP contribution in [-0.4, -0.2) is 98.9 Å². The van der Waals surface area contributed by atoms with Crippen molar-refractivity contribution in [1.29, 1.82) is 0 Å². The third kappa shape index (κ3) is 19.8. The predicted octanol–water partition coefficient (Wildman–Crippen LogP) is 5.19. The van der Waals surface area contributed by atoms with Gasteiger partial charge < -0.3 is 28.4 Å². The second-order valence-electron chi connectivity index (χ2n) is 9.24. The summed E-state index contributed by atoms with van der Waals surface area (Å²) >= 11 is 0. The van der Waals surface area contributed by atoms with E-state index < -0.39 is 81.8 Å². The molecule has 0 spiro atoms. The first-order chi connectivity index (χ1) is 20.1. The van der Waals surface area contributed by atoms with Crippen molar-refractivity contribution in [1.82, 2.24) is 0 Å². The monoisotopic (exact) mass is 875 g/mol. The minimum atomic E-state index is -5.42. The summed E-state index contributed by atoms with van der Waals surface area (Å²) in [6.07, 6.45) is -7.39. The Kier molecular flexibility index (Phi) is 16.2. The Morgan fingerprint density at radius 3 is 1.56 bits per heavy atom. The van der Waals surface area contributed by atoms with Crippen molar-refractivity contribution in [2.24, 2.45) is 10.1 Å². The van der Waals surface area contributed by atoms with E-state index >= 15 is 0 Å². The van der Waals surface area contributed by atoms with Crippen LogP contribution in [0.1, 0.15) is 61.8 Å². The van der Waals surface area contributed by atoms with E-state index in [0.717, 1.165) is 39.3 Å². The van der Waals surface area contributed by atoms with Crippen molar-refractivity contribution in [2.75, 3.05) is 13.2 Å². The van der Waals surface area contributed by atoms with Gasteiger partial charge in [0.25, 0.3) is 5.66 Å². The number of halogens is 6. The minimum absolute atomic E-state index is 0.0282. The SMILES string of the molecule is CCOC(=O)[N+]1=N[C@@](C)(CC)N=C1[C@@H](OC(C)=O)[C@H](OC(C)=O)[C@H](OC(C)=O)[C@@H](COC(C)=O)OC(C)=O.[Cl][Sb-]([Cl])([Cl])([Cl])([Cl])[Cl]. The number of azo groups is 2. The number of amidine groups is 1. The molecule has 0 aromatic heterocycles. The van der Waals surface area contributed by atoms with Crippen LogP contribution in [0.25, 0.3) is 0 Å². The second-order valence-corrected chi connectivity index (χ2v) is 66.1. The van der Waals surface area contributed by atoms with Crippen LogP contribution in [0.4, 0.5) is 4.79 Å². The van der Waals surface area contributed by atoms with Crippen molar-refractivity contribution in [3.8, 4) is 0 Å². The van der Waals surface area contributed by atoms with Gasteiger partial charge in [0, 0.05) is 48.0 Å². The summed E-state index contributed by atoms with van der Waals surface area (Å²) in [5.74, 6) is -4.64. The van der Waals surface area contributed by atoms with Crippen LogP contribution in [-0.2, 0) is 52.4 Å². The molecule has 0 aliphatic carbocycles. The van der Waals surface area contributed by atoms with Gasteiger partial charge in [0.1, 0.15) is 6.61 Å². The van der Waals surface area contributed by atoms with E-state index in [1.165, 1.54) is 0 Å². The van der Waals surface area contributed by atoms with Gasteiger partial charge in [-0.25, -0.2) is 0 Å². The summed E-state index contributed by atoms with van der Waals surface area (Å²) in [5, 5.41) is 4.26. The van der Waals surface area contributed by atoms with Crippen LogP contribution in [0, 0.1) is 0 Å². The zero-order valence-corrected chi connectivity index (χ0v) is 32.5. The predicted molar refractivity (Wildman–Crippen MR) is 166 cm³/mol.